The summed E-state index contributed by atoms with van der Waals surface area (Å²) >= 11 is 3.50. The van der Waals surface area contributed by atoms with Crippen LogP contribution in [0.2, 0.25) is 0 Å². The molecule has 0 aliphatic carbocycles. The van der Waals surface area contributed by atoms with Gasteiger partial charge in [-0.1, -0.05) is 12.1 Å². The zero-order valence-corrected chi connectivity index (χ0v) is 11.9. The highest BCUT2D eigenvalue weighted by Gasteiger charge is 2.30. The van der Waals surface area contributed by atoms with Crippen LogP contribution in [0.15, 0.2) is 28.7 Å². The van der Waals surface area contributed by atoms with E-state index in [2.05, 4.69) is 21.2 Å². The molecule has 0 aromatic heterocycles. The Bertz CT molecular complexity index is 425. The second-order valence-corrected chi connectivity index (χ2v) is 5.13. The van der Waals surface area contributed by atoms with Crippen molar-refractivity contribution in [2.75, 3.05) is 31.7 Å². The van der Waals surface area contributed by atoms with E-state index < -0.39 is 0 Å². The molecule has 1 atom stereocenters. The number of carbonyl (C=O) groups excluding carboxylic acids is 1. The number of anilines is 1. The van der Waals surface area contributed by atoms with E-state index in [4.69, 9.17) is 4.74 Å². The Morgan fingerprint density at radius 1 is 1.50 bits per heavy atom. The molecule has 5 heteroatoms. The summed E-state index contributed by atoms with van der Waals surface area (Å²) in [5.74, 6) is 0.0225. The van der Waals surface area contributed by atoms with E-state index >= 15 is 0 Å². The summed E-state index contributed by atoms with van der Waals surface area (Å²) < 4.78 is 6.29. The Balaban J connectivity index is 2.24. The van der Waals surface area contributed by atoms with Crippen LogP contribution in [0.4, 0.5) is 5.69 Å². The topological polar surface area (TPSA) is 41.6 Å². The molecule has 1 amide bonds. The lowest BCUT2D eigenvalue weighted by Gasteiger charge is -2.36. The summed E-state index contributed by atoms with van der Waals surface area (Å²) in [5.41, 5.74) is 0.923. The van der Waals surface area contributed by atoms with Crippen molar-refractivity contribution in [3.63, 3.8) is 0 Å². The third-order valence-electron chi connectivity index (χ3n) is 3.01. The van der Waals surface area contributed by atoms with Crippen molar-refractivity contribution in [2.45, 2.75) is 12.5 Å². The van der Waals surface area contributed by atoms with Crippen LogP contribution in [-0.2, 0) is 9.53 Å². The molecule has 98 valence electrons. The number of amides is 1. The van der Waals surface area contributed by atoms with E-state index in [-0.39, 0.29) is 18.6 Å². The van der Waals surface area contributed by atoms with Crippen LogP contribution < -0.4 is 10.2 Å². The largest absolute Gasteiger partial charge is 0.369 e. The van der Waals surface area contributed by atoms with Crippen LogP contribution in [-0.4, -0.2) is 38.8 Å². The summed E-state index contributed by atoms with van der Waals surface area (Å²) in [4.78, 5) is 13.9. The van der Waals surface area contributed by atoms with Crippen LogP contribution in [0.3, 0.4) is 0 Å². The Kier molecular flexibility index (Phi) is 4.74. The fourth-order valence-corrected chi connectivity index (χ4v) is 2.61. The van der Waals surface area contributed by atoms with Gasteiger partial charge in [0.1, 0.15) is 6.61 Å². The van der Waals surface area contributed by atoms with Gasteiger partial charge in [0, 0.05) is 4.47 Å². The lowest BCUT2D eigenvalue weighted by molar-refractivity contribution is -0.127. The van der Waals surface area contributed by atoms with Crippen LogP contribution in [0.25, 0.3) is 0 Å². The molecule has 1 aliphatic rings. The number of nitrogens with one attached hydrogen (secondary N) is 1. The average Bonchev–Trinajstić information content (AvgIpc) is 2.38. The predicted molar refractivity (Wildman–Crippen MR) is 74.8 cm³/mol. The first-order valence-electron chi connectivity index (χ1n) is 6.03. The van der Waals surface area contributed by atoms with Crippen molar-refractivity contribution < 1.29 is 9.53 Å². The zero-order chi connectivity index (χ0) is 13.0. The van der Waals surface area contributed by atoms with Crippen molar-refractivity contribution in [1.29, 1.82) is 0 Å². The molecule has 1 heterocycles. The lowest BCUT2D eigenvalue weighted by atomic mass is 10.1. The van der Waals surface area contributed by atoms with Crippen molar-refractivity contribution in [2.24, 2.45) is 0 Å². The van der Waals surface area contributed by atoms with Gasteiger partial charge in [0.15, 0.2) is 0 Å². The minimum absolute atomic E-state index is 0.0225. The molecule has 0 bridgehead atoms. The number of rotatable bonds is 4. The normalized spacial score (nSPS) is 20.2. The van der Waals surface area contributed by atoms with Gasteiger partial charge in [0.2, 0.25) is 0 Å². The molecular weight excluding hydrogens is 296 g/mol. The van der Waals surface area contributed by atoms with E-state index in [1.54, 1.807) is 0 Å². The van der Waals surface area contributed by atoms with E-state index in [1.807, 2.05) is 36.2 Å². The molecule has 18 heavy (non-hydrogen) atoms. The number of morpholine rings is 1. The number of carbonyl (C=O) groups is 1. The molecular formula is C13H17BrN2O2. The molecule has 1 saturated heterocycles. The van der Waals surface area contributed by atoms with Gasteiger partial charge < -0.3 is 15.0 Å². The maximum Gasteiger partial charge on any atom is 0.253 e. The van der Waals surface area contributed by atoms with Gasteiger partial charge in [0.05, 0.1) is 18.3 Å². The lowest BCUT2D eigenvalue weighted by Crippen LogP contribution is -2.50. The zero-order valence-electron chi connectivity index (χ0n) is 10.4. The van der Waals surface area contributed by atoms with E-state index in [1.165, 1.54) is 0 Å². The first-order chi connectivity index (χ1) is 8.74. The average molecular weight is 313 g/mol. The fourth-order valence-electron chi connectivity index (χ4n) is 2.13. The SMILES string of the molecule is CNCCC1COCC(=O)N1c1ccccc1Br. The highest BCUT2D eigenvalue weighted by atomic mass is 79.9. The first-order valence-corrected chi connectivity index (χ1v) is 6.82. The van der Waals surface area contributed by atoms with E-state index in [9.17, 15) is 4.79 Å². The summed E-state index contributed by atoms with van der Waals surface area (Å²) in [5, 5.41) is 3.11. The van der Waals surface area contributed by atoms with E-state index in [0.717, 1.165) is 23.1 Å². The highest BCUT2D eigenvalue weighted by Crippen LogP contribution is 2.29. The second-order valence-electron chi connectivity index (χ2n) is 4.28. The molecule has 2 rings (SSSR count). The second kappa shape index (κ2) is 6.31. The summed E-state index contributed by atoms with van der Waals surface area (Å²) in [6.45, 7) is 1.62. The molecule has 1 aliphatic heterocycles. The number of ether oxygens (including phenoxy) is 1. The Morgan fingerprint density at radius 2 is 2.28 bits per heavy atom. The highest BCUT2D eigenvalue weighted by molar-refractivity contribution is 9.10. The summed E-state index contributed by atoms with van der Waals surface area (Å²) in [6, 6.07) is 7.89. The number of halogens is 1. The van der Waals surface area contributed by atoms with Gasteiger partial charge in [-0.3, -0.25) is 4.79 Å². The van der Waals surface area contributed by atoms with Gasteiger partial charge >= 0.3 is 0 Å². The minimum Gasteiger partial charge on any atom is -0.369 e. The third kappa shape index (κ3) is 2.91. The molecule has 0 spiro atoms. The quantitative estimate of drug-likeness (QED) is 0.921. The van der Waals surface area contributed by atoms with Crippen molar-refractivity contribution >= 4 is 27.5 Å². The van der Waals surface area contributed by atoms with Crippen LogP contribution in [0.1, 0.15) is 6.42 Å². The molecule has 1 unspecified atom stereocenters. The molecule has 1 aromatic rings. The van der Waals surface area contributed by atoms with Crippen molar-refractivity contribution in [3.05, 3.63) is 28.7 Å². The fraction of sp³-hybridized carbons (Fsp3) is 0.462. The monoisotopic (exact) mass is 312 g/mol. The molecule has 0 radical (unpaired) electrons. The number of hydrogen-bond acceptors (Lipinski definition) is 3. The van der Waals surface area contributed by atoms with Crippen LogP contribution >= 0.6 is 15.9 Å². The number of benzene rings is 1. The predicted octanol–water partition coefficient (Wildman–Crippen LogP) is 1.79. The van der Waals surface area contributed by atoms with Gasteiger partial charge in [-0.05, 0) is 48.1 Å². The van der Waals surface area contributed by atoms with Crippen LogP contribution in [0.5, 0.6) is 0 Å². The Morgan fingerprint density at radius 3 is 3.00 bits per heavy atom. The van der Waals surface area contributed by atoms with Gasteiger partial charge in [-0.25, -0.2) is 0 Å². The first kappa shape index (κ1) is 13.5. The van der Waals surface area contributed by atoms with E-state index in [0.29, 0.717) is 6.61 Å². The van der Waals surface area contributed by atoms with Gasteiger partial charge in [0.25, 0.3) is 5.91 Å². The van der Waals surface area contributed by atoms with Crippen molar-refractivity contribution in [3.8, 4) is 0 Å². The smallest absolute Gasteiger partial charge is 0.253 e. The third-order valence-corrected chi connectivity index (χ3v) is 3.68. The summed E-state index contributed by atoms with van der Waals surface area (Å²) in [7, 11) is 1.91. The maximum atomic E-state index is 12.1. The van der Waals surface area contributed by atoms with Crippen molar-refractivity contribution in [1.82, 2.24) is 5.32 Å². The Labute approximate surface area is 115 Å². The van der Waals surface area contributed by atoms with Crippen LogP contribution in [0, 0.1) is 0 Å². The maximum absolute atomic E-state index is 12.1. The summed E-state index contributed by atoms with van der Waals surface area (Å²) in [6.07, 6.45) is 0.879. The molecule has 0 saturated carbocycles. The van der Waals surface area contributed by atoms with Gasteiger partial charge in [-0.15, -0.1) is 0 Å². The number of nitrogens with zero attached hydrogens (tertiary/aromatic N) is 1. The standard InChI is InChI=1S/C13H17BrN2O2/c1-15-7-6-10-8-18-9-13(17)16(10)12-5-3-2-4-11(12)14/h2-5,10,15H,6-9H2,1H3. The van der Waals surface area contributed by atoms with Gasteiger partial charge in [-0.2, -0.15) is 0 Å². The molecule has 1 fully saturated rings. The Hall–Kier alpha value is -0.910. The number of para-hydroxylation sites is 1. The molecule has 1 aromatic carbocycles. The number of hydrogen-bond donors (Lipinski definition) is 1. The molecule has 4 nitrogen and oxygen atoms in total. The molecule has 1 N–H and O–H groups in total. The minimum atomic E-state index is 0.0225.